The zero-order chi connectivity index (χ0) is 8.81. The average molecular weight is 165 g/mol. The Labute approximate surface area is 72.9 Å². The van der Waals surface area contributed by atoms with Crippen LogP contribution in [0.25, 0.3) is 6.08 Å². The van der Waals surface area contributed by atoms with E-state index >= 15 is 0 Å². The van der Waals surface area contributed by atoms with Crippen molar-refractivity contribution in [3.8, 4) is 0 Å². The van der Waals surface area contributed by atoms with Crippen LogP contribution in [-0.4, -0.2) is 16.3 Å². The predicted octanol–water partition coefficient (Wildman–Crippen LogP) is 1.26. The fraction of sp³-hybridized carbons (Fsp3) is 0.444. The van der Waals surface area contributed by atoms with Gasteiger partial charge in [-0.15, -0.1) is 0 Å². The lowest BCUT2D eigenvalue weighted by Crippen LogP contribution is -1.95. The molecule has 0 unspecified atom stereocenters. The van der Waals surface area contributed by atoms with Crippen molar-refractivity contribution in [2.24, 2.45) is 5.73 Å². The van der Waals surface area contributed by atoms with Crippen LogP contribution in [0.2, 0.25) is 0 Å². The fourth-order valence-corrected chi connectivity index (χ4v) is 1.02. The molecule has 0 bridgehead atoms. The van der Waals surface area contributed by atoms with Crippen molar-refractivity contribution in [3.05, 3.63) is 24.0 Å². The quantitative estimate of drug-likeness (QED) is 0.730. The Morgan fingerprint density at radius 2 is 2.50 bits per heavy atom. The molecule has 12 heavy (non-hydrogen) atoms. The molecule has 1 rings (SSSR count). The lowest BCUT2D eigenvalue weighted by atomic mass is 10.3. The first-order chi connectivity index (χ1) is 5.86. The molecule has 0 radical (unpaired) electrons. The van der Waals surface area contributed by atoms with Crippen LogP contribution < -0.4 is 5.73 Å². The summed E-state index contributed by atoms with van der Waals surface area (Å²) in [6.07, 6.45) is 8.89. The molecule has 1 aromatic heterocycles. The summed E-state index contributed by atoms with van der Waals surface area (Å²) in [4.78, 5) is 0. The van der Waals surface area contributed by atoms with Gasteiger partial charge in [-0.3, -0.25) is 4.68 Å². The average Bonchev–Trinajstić information content (AvgIpc) is 2.50. The summed E-state index contributed by atoms with van der Waals surface area (Å²) in [5.74, 6) is 0. The van der Waals surface area contributed by atoms with Crippen LogP contribution in [-0.2, 0) is 6.54 Å². The summed E-state index contributed by atoms with van der Waals surface area (Å²) in [5, 5.41) is 4.18. The zero-order valence-electron chi connectivity index (χ0n) is 7.40. The van der Waals surface area contributed by atoms with Crippen LogP contribution in [0.15, 0.2) is 18.5 Å². The summed E-state index contributed by atoms with van der Waals surface area (Å²) in [6.45, 7) is 3.70. The van der Waals surface area contributed by atoms with E-state index in [1.807, 2.05) is 29.2 Å². The highest BCUT2D eigenvalue weighted by atomic mass is 15.3. The van der Waals surface area contributed by atoms with E-state index in [0.717, 1.165) is 18.5 Å². The first kappa shape index (κ1) is 9.00. The molecule has 2 N–H and O–H groups in total. The fourth-order valence-electron chi connectivity index (χ4n) is 1.02. The Balaban J connectivity index is 2.57. The van der Waals surface area contributed by atoms with Gasteiger partial charge in [0.15, 0.2) is 0 Å². The lowest BCUT2D eigenvalue weighted by molar-refractivity contribution is 0.602. The minimum atomic E-state index is 0.582. The second-order valence-corrected chi connectivity index (χ2v) is 2.67. The van der Waals surface area contributed by atoms with Crippen molar-refractivity contribution < 1.29 is 0 Å². The molecule has 3 nitrogen and oxygen atoms in total. The standard InChI is InChI=1S/C9H15N3/c1-2-6-12-8-9(7-11-12)4-3-5-10/h3-4,7-8H,2,5-6,10H2,1H3/b4-3+. The van der Waals surface area contributed by atoms with Gasteiger partial charge >= 0.3 is 0 Å². The molecule has 0 aliphatic rings. The van der Waals surface area contributed by atoms with Crippen LogP contribution >= 0.6 is 0 Å². The summed E-state index contributed by atoms with van der Waals surface area (Å²) < 4.78 is 1.94. The van der Waals surface area contributed by atoms with Crippen molar-refractivity contribution >= 4 is 6.08 Å². The molecule has 66 valence electrons. The van der Waals surface area contributed by atoms with Gasteiger partial charge in [-0.05, 0) is 6.42 Å². The Bertz CT molecular complexity index is 250. The van der Waals surface area contributed by atoms with Crippen LogP contribution in [0.3, 0.4) is 0 Å². The maximum atomic E-state index is 5.33. The van der Waals surface area contributed by atoms with Gasteiger partial charge in [-0.2, -0.15) is 5.10 Å². The summed E-state index contributed by atoms with van der Waals surface area (Å²) in [6, 6.07) is 0. The molecule has 1 aromatic rings. The molecule has 0 fully saturated rings. The van der Waals surface area contributed by atoms with Gasteiger partial charge in [0, 0.05) is 24.8 Å². The lowest BCUT2D eigenvalue weighted by Gasteiger charge is -1.93. The van der Waals surface area contributed by atoms with Gasteiger partial charge in [0.25, 0.3) is 0 Å². The van der Waals surface area contributed by atoms with Gasteiger partial charge in [0.2, 0.25) is 0 Å². The number of rotatable bonds is 4. The topological polar surface area (TPSA) is 43.8 Å². The highest BCUT2D eigenvalue weighted by Crippen LogP contribution is 2.00. The molecule has 0 aliphatic heterocycles. The largest absolute Gasteiger partial charge is 0.327 e. The minimum absolute atomic E-state index is 0.582. The van der Waals surface area contributed by atoms with Gasteiger partial charge in [0.05, 0.1) is 6.20 Å². The molecular formula is C9H15N3. The molecule has 3 heteroatoms. The molecule has 0 saturated carbocycles. The first-order valence-electron chi connectivity index (χ1n) is 4.26. The normalized spacial score (nSPS) is 11.2. The third-order valence-corrected chi connectivity index (χ3v) is 1.55. The summed E-state index contributed by atoms with van der Waals surface area (Å²) >= 11 is 0. The Kier molecular flexibility index (Phi) is 3.54. The molecule has 0 aromatic carbocycles. The van der Waals surface area contributed by atoms with Crippen LogP contribution in [0.4, 0.5) is 0 Å². The van der Waals surface area contributed by atoms with E-state index in [9.17, 15) is 0 Å². The van der Waals surface area contributed by atoms with Crippen LogP contribution in [0.1, 0.15) is 18.9 Å². The second kappa shape index (κ2) is 4.72. The monoisotopic (exact) mass is 165 g/mol. The predicted molar refractivity (Wildman–Crippen MR) is 50.6 cm³/mol. The maximum absolute atomic E-state index is 5.33. The minimum Gasteiger partial charge on any atom is -0.327 e. The van der Waals surface area contributed by atoms with E-state index in [-0.39, 0.29) is 0 Å². The zero-order valence-corrected chi connectivity index (χ0v) is 7.40. The number of aromatic nitrogens is 2. The van der Waals surface area contributed by atoms with Crippen molar-refractivity contribution in [1.82, 2.24) is 9.78 Å². The summed E-state index contributed by atoms with van der Waals surface area (Å²) in [7, 11) is 0. The Morgan fingerprint density at radius 3 is 3.17 bits per heavy atom. The highest BCUT2D eigenvalue weighted by Gasteiger charge is 1.91. The van der Waals surface area contributed by atoms with Crippen molar-refractivity contribution in [1.29, 1.82) is 0 Å². The molecule has 0 spiro atoms. The molecule has 0 amide bonds. The number of hydrogen-bond donors (Lipinski definition) is 1. The number of nitrogens with two attached hydrogens (primary N) is 1. The third-order valence-electron chi connectivity index (χ3n) is 1.55. The number of nitrogens with zero attached hydrogens (tertiary/aromatic N) is 2. The second-order valence-electron chi connectivity index (χ2n) is 2.67. The molecular weight excluding hydrogens is 150 g/mol. The first-order valence-corrected chi connectivity index (χ1v) is 4.26. The van der Waals surface area contributed by atoms with E-state index in [0.29, 0.717) is 6.54 Å². The van der Waals surface area contributed by atoms with Gasteiger partial charge in [-0.25, -0.2) is 0 Å². The highest BCUT2D eigenvalue weighted by molar-refractivity contribution is 5.46. The van der Waals surface area contributed by atoms with Gasteiger partial charge in [0.1, 0.15) is 0 Å². The SMILES string of the molecule is CCCn1cc(/C=C/CN)cn1. The van der Waals surface area contributed by atoms with Crippen molar-refractivity contribution in [2.45, 2.75) is 19.9 Å². The molecule has 0 atom stereocenters. The van der Waals surface area contributed by atoms with Crippen LogP contribution in [0, 0.1) is 0 Å². The van der Waals surface area contributed by atoms with E-state index in [2.05, 4.69) is 12.0 Å². The van der Waals surface area contributed by atoms with Crippen molar-refractivity contribution in [3.63, 3.8) is 0 Å². The third kappa shape index (κ3) is 2.51. The molecule has 0 saturated heterocycles. The Morgan fingerprint density at radius 1 is 1.67 bits per heavy atom. The van der Waals surface area contributed by atoms with E-state index in [1.54, 1.807) is 0 Å². The van der Waals surface area contributed by atoms with E-state index in [1.165, 1.54) is 0 Å². The van der Waals surface area contributed by atoms with Crippen molar-refractivity contribution in [2.75, 3.05) is 6.54 Å². The van der Waals surface area contributed by atoms with Gasteiger partial charge in [-0.1, -0.05) is 19.1 Å². The van der Waals surface area contributed by atoms with E-state index < -0.39 is 0 Å². The Hall–Kier alpha value is -1.09. The van der Waals surface area contributed by atoms with E-state index in [4.69, 9.17) is 5.73 Å². The molecule has 1 heterocycles. The molecule has 0 aliphatic carbocycles. The van der Waals surface area contributed by atoms with Crippen LogP contribution in [0.5, 0.6) is 0 Å². The van der Waals surface area contributed by atoms with Gasteiger partial charge < -0.3 is 5.73 Å². The summed E-state index contributed by atoms with van der Waals surface area (Å²) in [5.41, 5.74) is 6.45. The smallest absolute Gasteiger partial charge is 0.0562 e. The number of aryl methyl sites for hydroxylation is 1. The number of hydrogen-bond acceptors (Lipinski definition) is 2. The maximum Gasteiger partial charge on any atom is 0.0562 e.